The molecule has 1 aliphatic rings. The SMILES string of the molecule is COc1c(NC(=O)c2ccc(Cl)c(Oc3ccnc(NC4CCNCC4)c3)c2)cc(C(C)(C)C)cc1NS(C)(=O)=O. The standard InChI is InChI=1S/C29H36ClN5O5S/c1-29(2,3)19-15-23(27(39-4)24(16-19)35-41(5,37)38)34-28(36)18-6-7-22(30)25(14-18)40-21-10-13-32-26(17-21)33-20-8-11-31-12-9-20/h6-7,10,13-17,20,31,35H,8-9,11-12H2,1-5H3,(H,32,33)(H,34,36). The first kappa shape index (κ1) is 30.4. The van der Waals surface area contributed by atoms with Gasteiger partial charge in [-0.15, -0.1) is 0 Å². The van der Waals surface area contributed by atoms with Gasteiger partial charge in [0.2, 0.25) is 10.0 Å². The lowest BCUT2D eigenvalue weighted by atomic mass is 9.86. The summed E-state index contributed by atoms with van der Waals surface area (Å²) in [5.41, 5.74) is 1.28. The Morgan fingerprint density at radius 1 is 1.07 bits per heavy atom. The predicted octanol–water partition coefficient (Wildman–Crippen LogP) is 5.62. The molecule has 2 aromatic carbocycles. The predicted molar refractivity (Wildman–Crippen MR) is 163 cm³/mol. The third-order valence-electron chi connectivity index (χ3n) is 6.55. The summed E-state index contributed by atoms with van der Waals surface area (Å²) >= 11 is 6.43. The van der Waals surface area contributed by atoms with Crippen molar-refractivity contribution in [2.45, 2.75) is 45.1 Å². The summed E-state index contributed by atoms with van der Waals surface area (Å²) in [5, 5.41) is 9.97. The number of hydrogen-bond donors (Lipinski definition) is 4. The molecule has 0 unspecified atom stereocenters. The van der Waals surface area contributed by atoms with Crippen LogP contribution in [0.4, 0.5) is 17.2 Å². The smallest absolute Gasteiger partial charge is 0.255 e. The van der Waals surface area contributed by atoms with Crippen molar-refractivity contribution < 1.29 is 22.7 Å². The first-order valence-electron chi connectivity index (χ1n) is 13.2. The van der Waals surface area contributed by atoms with Gasteiger partial charge in [0.1, 0.15) is 17.3 Å². The number of carbonyl (C=O) groups excluding carboxylic acids is 1. The Morgan fingerprint density at radius 2 is 1.78 bits per heavy atom. The van der Waals surface area contributed by atoms with Gasteiger partial charge in [0.05, 0.1) is 29.8 Å². The zero-order valence-corrected chi connectivity index (χ0v) is 25.4. The molecule has 12 heteroatoms. The zero-order chi connectivity index (χ0) is 29.8. The van der Waals surface area contributed by atoms with Crippen LogP contribution in [-0.4, -0.2) is 51.8 Å². The van der Waals surface area contributed by atoms with E-state index in [1.165, 1.54) is 7.11 Å². The lowest BCUT2D eigenvalue weighted by Gasteiger charge is -2.24. The van der Waals surface area contributed by atoms with E-state index in [9.17, 15) is 13.2 Å². The molecule has 0 atom stereocenters. The molecule has 0 spiro atoms. The van der Waals surface area contributed by atoms with Crippen LogP contribution in [0.15, 0.2) is 48.7 Å². The van der Waals surface area contributed by atoms with Crippen LogP contribution in [0.1, 0.15) is 49.5 Å². The number of benzene rings is 2. The summed E-state index contributed by atoms with van der Waals surface area (Å²) in [6.45, 7) is 7.88. The normalized spacial score (nSPS) is 14.3. The van der Waals surface area contributed by atoms with Gasteiger partial charge in [-0.2, -0.15) is 0 Å². The van der Waals surface area contributed by atoms with E-state index in [4.69, 9.17) is 21.1 Å². The highest BCUT2D eigenvalue weighted by atomic mass is 35.5. The maximum atomic E-state index is 13.4. The van der Waals surface area contributed by atoms with Crippen LogP contribution in [-0.2, 0) is 15.4 Å². The molecule has 1 fully saturated rings. The second-order valence-corrected chi connectivity index (χ2v) is 13.1. The monoisotopic (exact) mass is 601 g/mol. The van der Waals surface area contributed by atoms with Crippen molar-refractivity contribution in [3.63, 3.8) is 0 Å². The first-order valence-corrected chi connectivity index (χ1v) is 15.5. The maximum Gasteiger partial charge on any atom is 0.255 e. The van der Waals surface area contributed by atoms with Gasteiger partial charge in [-0.1, -0.05) is 32.4 Å². The Labute approximate surface area is 246 Å². The minimum absolute atomic E-state index is 0.188. The summed E-state index contributed by atoms with van der Waals surface area (Å²) in [7, 11) is -2.20. The van der Waals surface area contributed by atoms with Crippen molar-refractivity contribution in [2.24, 2.45) is 0 Å². The molecular formula is C29H36ClN5O5S. The number of pyridine rings is 1. The molecule has 1 amide bonds. The number of sulfonamides is 1. The van der Waals surface area contributed by atoms with E-state index in [1.807, 2.05) is 20.8 Å². The van der Waals surface area contributed by atoms with E-state index < -0.39 is 15.9 Å². The molecule has 10 nitrogen and oxygen atoms in total. The highest BCUT2D eigenvalue weighted by Crippen LogP contribution is 2.39. The van der Waals surface area contributed by atoms with Gasteiger partial charge >= 0.3 is 0 Å². The van der Waals surface area contributed by atoms with E-state index in [2.05, 4.69) is 25.7 Å². The highest BCUT2D eigenvalue weighted by Gasteiger charge is 2.23. The molecule has 0 radical (unpaired) electrons. The van der Waals surface area contributed by atoms with E-state index >= 15 is 0 Å². The number of halogens is 1. The molecule has 3 aromatic rings. The second kappa shape index (κ2) is 12.5. The fourth-order valence-electron chi connectivity index (χ4n) is 4.42. The number of ether oxygens (including phenoxy) is 2. The van der Waals surface area contributed by atoms with Crippen molar-refractivity contribution in [2.75, 3.05) is 41.8 Å². The minimum atomic E-state index is -3.61. The van der Waals surface area contributed by atoms with Crippen LogP contribution in [0.25, 0.3) is 0 Å². The highest BCUT2D eigenvalue weighted by molar-refractivity contribution is 7.92. The number of hydrogen-bond acceptors (Lipinski definition) is 8. The van der Waals surface area contributed by atoms with Crippen LogP contribution in [0.2, 0.25) is 5.02 Å². The fraction of sp³-hybridized carbons (Fsp3) is 0.379. The molecule has 220 valence electrons. The molecule has 1 saturated heterocycles. The summed E-state index contributed by atoms with van der Waals surface area (Å²) in [4.78, 5) is 17.8. The molecule has 2 heterocycles. The number of carbonyl (C=O) groups is 1. The van der Waals surface area contributed by atoms with Gasteiger partial charge in [0.15, 0.2) is 5.75 Å². The summed E-state index contributed by atoms with van der Waals surface area (Å²) in [5.74, 6) is 1.25. The molecule has 0 aliphatic carbocycles. The molecule has 0 bridgehead atoms. The number of nitrogens with zero attached hydrogens (tertiary/aromatic N) is 1. The lowest BCUT2D eigenvalue weighted by molar-refractivity contribution is 0.102. The Bertz CT molecular complexity index is 1520. The average molecular weight is 602 g/mol. The Balaban J connectivity index is 1.58. The summed E-state index contributed by atoms with van der Waals surface area (Å²) < 4.78 is 38.1. The minimum Gasteiger partial charge on any atom is -0.492 e. The molecule has 4 N–H and O–H groups in total. The third kappa shape index (κ3) is 8.25. The molecule has 0 saturated carbocycles. The van der Waals surface area contributed by atoms with E-state index in [0.717, 1.165) is 37.8 Å². The second-order valence-electron chi connectivity index (χ2n) is 11.0. The summed E-state index contributed by atoms with van der Waals surface area (Å²) in [6.07, 6.45) is 4.72. The van der Waals surface area contributed by atoms with Crippen molar-refractivity contribution >= 4 is 44.7 Å². The number of nitrogens with one attached hydrogen (secondary N) is 4. The van der Waals surface area contributed by atoms with Crippen LogP contribution < -0.4 is 30.1 Å². The fourth-order valence-corrected chi connectivity index (χ4v) is 5.13. The average Bonchev–Trinajstić information content (AvgIpc) is 2.89. The zero-order valence-electron chi connectivity index (χ0n) is 23.8. The topological polar surface area (TPSA) is 131 Å². The van der Waals surface area contributed by atoms with Crippen LogP contribution >= 0.6 is 11.6 Å². The van der Waals surface area contributed by atoms with Crippen molar-refractivity contribution in [3.8, 4) is 17.2 Å². The van der Waals surface area contributed by atoms with Gasteiger partial charge < -0.3 is 25.4 Å². The van der Waals surface area contributed by atoms with Crippen LogP contribution in [0.3, 0.4) is 0 Å². The number of aromatic nitrogens is 1. The van der Waals surface area contributed by atoms with E-state index in [0.29, 0.717) is 34.1 Å². The molecular weight excluding hydrogens is 566 g/mol. The van der Waals surface area contributed by atoms with Crippen molar-refractivity contribution in [1.29, 1.82) is 0 Å². The molecule has 4 rings (SSSR count). The van der Waals surface area contributed by atoms with Crippen molar-refractivity contribution in [1.82, 2.24) is 10.3 Å². The summed E-state index contributed by atoms with van der Waals surface area (Å²) in [6, 6.07) is 12.0. The van der Waals surface area contributed by atoms with E-state index in [-0.39, 0.29) is 22.4 Å². The third-order valence-corrected chi connectivity index (χ3v) is 7.45. The molecule has 1 aromatic heterocycles. The largest absolute Gasteiger partial charge is 0.492 e. The van der Waals surface area contributed by atoms with Crippen molar-refractivity contribution in [3.05, 3.63) is 64.8 Å². The number of piperidine rings is 1. The number of amides is 1. The number of methoxy groups -OCH3 is 1. The molecule has 41 heavy (non-hydrogen) atoms. The molecule has 1 aliphatic heterocycles. The number of anilines is 3. The van der Waals surface area contributed by atoms with Gasteiger partial charge in [0, 0.05) is 23.9 Å². The first-order chi connectivity index (χ1) is 19.3. The van der Waals surface area contributed by atoms with Gasteiger partial charge in [-0.25, -0.2) is 13.4 Å². The Morgan fingerprint density at radius 3 is 2.44 bits per heavy atom. The van der Waals surface area contributed by atoms with E-state index in [1.54, 1.807) is 48.7 Å². The maximum absolute atomic E-state index is 13.4. The lowest BCUT2D eigenvalue weighted by Crippen LogP contribution is -2.35. The Kier molecular flexibility index (Phi) is 9.31. The number of rotatable bonds is 9. The van der Waals surface area contributed by atoms with Gasteiger partial charge in [-0.05, 0) is 73.3 Å². The van der Waals surface area contributed by atoms with Gasteiger partial charge in [-0.3, -0.25) is 9.52 Å². The van der Waals surface area contributed by atoms with Crippen LogP contribution in [0, 0.1) is 0 Å². The Hall–Kier alpha value is -3.54. The van der Waals surface area contributed by atoms with Crippen LogP contribution in [0.5, 0.6) is 17.2 Å². The van der Waals surface area contributed by atoms with Gasteiger partial charge in [0.25, 0.3) is 5.91 Å². The quantitative estimate of drug-likeness (QED) is 0.249.